The third kappa shape index (κ3) is 8.95. The number of hydrogen-bond acceptors (Lipinski definition) is 4. The van der Waals surface area contributed by atoms with Gasteiger partial charge in [0.1, 0.15) is 5.75 Å². The number of ether oxygens (including phenoxy) is 1. The van der Waals surface area contributed by atoms with E-state index >= 15 is 0 Å². The summed E-state index contributed by atoms with van der Waals surface area (Å²) in [6.45, 7) is 2.46. The van der Waals surface area contributed by atoms with E-state index in [1.54, 1.807) is 0 Å². The van der Waals surface area contributed by atoms with E-state index in [0.717, 1.165) is 42.2 Å². The number of carbonyl (C=O) groups is 1. The molecule has 3 aromatic rings. The Morgan fingerprint density at radius 3 is 2.45 bits per heavy atom. The van der Waals surface area contributed by atoms with Gasteiger partial charge in [-0.3, -0.25) is 4.79 Å². The van der Waals surface area contributed by atoms with E-state index in [9.17, 15) is 4.79 Å². The summed E-state index contributed by atoms with van der Waals surface area (Å²) >= 11 is 1.87. The molecule has 0 fully saturated rings. The number of nitrogens with one attached hydrogen (secondary N) is 1. The van der Waals surface area contributed by atoms with E-state index in [1.807, 2.05) is 66.4 Å². The molecule has 0 spiro atoms. The average Bonchev–Trinajstić information content (AvgIpc) is 2.84. The average molecular weight is 463 g/mol. The van der Waals surface area contributed by atoms with Crippen LogP contribution >= 0.6 is 11.8 Å². The monoisotopic (exact) mass is 462 g/mol. The van der Waals surface area contributed by atoms with E-state index in [4.69, 9.17) is 4.74 Å². The number of thioether (sulfide) groups is 1. The van der Waals surface area contributed by atoms with Gasteiger partial charge in [-0.15, -0.1) is 0 Å². The van der Waals surface area contributed by atoms with Gasteiger partial charge in [-0.25, -0.2) is 0 Å². The van der Waals surface area contributed by atoms with E-state index < -0.39 is 0 Å². The van der Waals surface area contributed by atoms with Crippen molar-refractivity contribution in [1.82, 2.24) is 10.2 Å². The lowest BCUT2D eigenvalue weighted by molar-refractivity contribution is 0.0953. The van der Waals surface area contributed by atoms with Crippen LogP contribution in [0.5, 0.6) is 5.75 Å². The van der Waals surface area contributed by atoms with Gasteiger partial charge < -0.3 is 15.0 Å². The summed E-state index contributed by atoms with van der Waals surface area (Å²) < 4.78 is 5.76. The Morgan fingerprint density at radius 2 is 1.70 bits per heavy atom. The zero-order valence-electron chi connectivity index (χ0n) is 19.6. The lowest BCUT2D eigenvalue weighted by Gasteiger charge is -2.10. The number of benzene rings is 3. The first-order valence-electron chi connectivity index (χ1n) is 11.5. The Morgan fingerprint density at radius 1 is 0.909 bits per heavy atom. The molecule has 0 aliphatic carbocycles. The molecule has 0 bridgehead atoms. The summed E-state index contributed by atoms with van der Waals surface area (Å²) in [5.41, 5.74) is 4.29. The first-order valence-corrected chi connectivity index (χ1v) is 12.7. The van der Waals surface area contributed by atoms with E-state index in [-0.39, 0.29) is 5.91 Å². The van der Waals surface area contributed by atoms with Crippen LogP contribution in [0.3, 0.4) is 0 Å². The van der Waals surface area contributed by atoms with Crippen LogP contribution in [0.4, 0.5) is 0 Å². The highest BCUT2D eigenvalue weighted by Gasteiger charge is 2.06. The predicted molar refractivity (Wildman–Crippen MR) is 140 cm³/mol. The Kier molecular flexibility index (Phi) is 10.3. The predicted octanol–water partition coefficient (Wildman–Crippen LogP) is 5.74. The van der Waals surface area contributed by atoms with Crippen LogP contribution in [0.2, 0.25) is 0 Å². The molecule has 0 atom stereocenters. The summed E-state index contributed by atoms with van der Waals surface area (Å²) in [4.78, 5) is 14.5. The molecule has 1 amide bonds. The van der Waals surface area contributed by atoms with Crippen molar-refractivity contribution in [3.63, 3.8) is 0 Å². The van der Waals surface area contributed by atoms with Crippen molar-refractivity contribution in [3.05, 3.63) is 90.0 Å². The van der Waals surface area contributed by atoms with Crippen molar-refractivity contribution in [1.29, 1.82) is 0 Å². The summed E-state index contributed by atoms with van der Waals surface area (Å²) in [6, 6.07) is 26.4. The molecule has 174 valence electrons. The molecule has 33 heavy (non-hydrogen) atoms. The van der Waals surface area contributed by atoms with Gasteiger partial charge >= 0.3 is 0 Å². The fourth-order valence-corrected chi connectivity index (χ4v) is 4.20. The molecule has 3 aromatic carbocycles. The second kappa shape index (κ2) is 13.7. The van der Waals surface area contributed by atoms with Gasteiger partial charge in [-0.1, -0.05) is 54.6 Å². The number of amides is 1. The minimum atomic E-state index is -0.00530. The Labute approximate surface area is 202 Å². The topological polar surface area (TPSA) is 41.6 Å². The molecule has 0 unspecified atom stereocenters. The second-order valence-electron chi connectivity index (χ2n) is 8.26. The maximum atomic E-state index is 12.4. The number of hydrogen-bond donors (Lipinski definition) is 1. The number of para-hydroxylation sites is 1. The Bertz CT molecular complexity index is 975. The SMILES string of the molecule is CN(C)CCCCNC(=O)c1ccc(-c2cccc(CSCCOc3ccccc3)c2)cc1. The quantitative estimate of drug-likeness (QED) is 0.329. The van der Waals surface area contributed by atoms with Crippen LogP contribution in [0.15, 0.2) is 78.9 Å². The molecule has 3 rings (SSSR count). The first kappa shape index (κ1) is 24.9. The van der Waals surface area contributed by atoms with Crippen molar-refractivity contribution in [3.8, 4) is 16.9 Å². The molecule has 0 saturated carbocycles. The van der Waals surface area contributed by atoms with Gasteiger partial charge in [0.2, 0.25) is 0 Å². The fraction of sp³-hybridized carbons (Fsp3) is 0.321. The lowest BCUT2D eigenvalue weighted by Crippen LogP contribution is -2.25. The molecule has 0 saturated heterocycles. The highest BCUT2D eigenvalue weighted by Crippen LogP contribution is 2.23. The molecule has 0 aromatic heterocycles. The van der Waals surface area contributed by atoms with Crippen LogP contribution in [-0.4, -0.2) is 50.4 Å². The van der Waals surface area contributed by atoms with Crippen molar-refractivity contribution >= 4 is 17.7 Å². The minimum Gasteiger partial charge on any atom is -0.493 e. The number of rotatable bonds is 13. The molecule has 5 heteroatoms. The maximum Gasteiger partial charge on any atom is 0.251 e. The smallest absolute Gasteiger partial charge is 0.251 e. The van der Waals surface area contributed by atoms with E-state index in [2.05, 4.69) is 48.6 Å². The molecular weight excluding hydrogens is 428 g/mol. The largest absolute Gasteiger partial charge is 0.493 e. The highest BCUT2D eigenvalue weighted by molar-refractivity contribution is 7.98. The summed E-state index contributed by atoms with van der Waals surface area (Å²) in [6.07, 6.45) is 2.08. The zero-order valence-corrected chi connectivity index (χ0v) is 20.4. The van der Waals surface area contributed by atoms with Gasteiger partial charge in [0.25, 0.3) is 5.91 Å². The highest BCUT2D eigenvalue weighted by atomic mass is 32.2. The molecule has 0 radical (unpaired) electrons. The third-order valence-electron chi connectivity index (χ3n) is 5.23. The third-order valence-corrected chi connectivity index (χ3v) is 6.23. The zero-order chi connectivity index (χ0) is 23.3. The summed E-state index contributed by atoms with van der Waals surface area (Å²) in [5.74, 6) is 2.80. The molecule has 0 aliphatic rings. The van der Waals surface area contributed by atoms with Gasteiger partial charge in [-0.2, -0.15) is 11.8 Å². The molecule has 0 heterocycles. The number of carbonyl (C=O) groups excluding carboxylic acids is 1. The van der Waals surface area contributed by atoms with Crippen LogP contribution in [0.25, 0.3) is 11.1 Å². The van der Waals surface area contributed by atoms with Crippen molar-refractivity contribution < 1.29 is 9.53 Å². The van der Waals surface area contributed by atoms with Gasteiger partial charge in [-0.05, 0) is 74.4 Å². The second-order valence-corrected chi connectivity index (χ2v) is 9.36. The van der Waals surface area contributed by atoms with Crippen LogP contribution < -0.4 is 10.1 Å². The van der Waals surface area contributed by atoms with Crippen molar-refractivity contribution in [2.45, 2.75) is 18.6 Å². The van der Waals surface area contributed by atoms with E-state index in [1.165, 1.54) is 11.1 Å². The molecule has 4 nitrogen and oxygen atoms in total. The van der Waals surface area contributed by atoms with Crippen LogP contribution in [-0.2, 0) is 5.75 Å². The van der Waals surface area contributed by atoms with Gasteiger partial charge in [0, 0.05) is 23.6 Å². The Balaban J connectivity index is 1.43. The van der Waals surface area contributed by atoms with Gasteiger partial charge in [0.05, 0.1) is 6.61 Å². The van der Waals surface area contributed by atoms with Crippen molar-refractivity contribution in [2.24, 2.45) is 0 Å². The number of unbranched alkanes of at least 4 members (excludes halogenated alkanes) is 1. The normalized spacial score (nSPS) is 10.9. The van der Waals surface area contributed by atoms with Crippen LogP contribution in [0, 0.1) is 0 Å². The standard InChI is InChI=1S/C28H34N2O2S/c1-30(2)18-7-6-17-29-28(31)25-15-13-24(14-16-25)26-10-8-9-23(21-26)22-33-20-19-32-27-11-4-3-5-12-27/h3-5,8-16,21H,6-7,17-20,22H2,1-2H3,(H,29,31). The first-order chi connectivity index (χ1) is 16.1. The van der Waals surface area contributed by atoms with Gasteiger partial charge in [0.15, 0.2) is 0 Å². The lowest BCUT2D eigenvalue weighted by atomic mass is 10.0. The van der Waals surface area contributed by atoms with Crippen molar-refractivity contribution in [2.75, 3.05) is 39.5 Å². The number of nitrogens with zero attached hydrogens (tertiary/aromatic N) is 1. The molecule has 0 aliphatic heterocycles. The van der Waals surface area contributed by atoms with E-state index in [0.29, 0.717) is 18.7 Å². The fourth-order valence-electron chi connectivity index (χ4n) is 3.44. The maximum absolute atomic E-state index is 12.4. The molecule has 1 N–H and O–H groups in total. The minimum absolute atomic E-state index is 0.00530. The summed E-state index contributed by atoms with van der Waals surface area (Å²) in [5, 5.41) is 3.01. The summed E-state index contributed by atoms with van der Waals surface area (Å²) in [7, 11) is 4.13. The molecular formula is C28H34N2O2S. The Hall–Kier alpha value is -2.76. The van der Waals surface area contributed by atoms with Crippen LogP contribution in [0.1, 0.15) is 28.8 Å².